The fraction of sp³-hybridized carbons (Fsp3) is 0.400. The van der Waals surface area contributed by atoms with Crippen molar-refractivity contribution >= 4 is 23.4 Å². The third-order valence-corrected chi connectivity index (χ3v) is 6.19. The number of nitrogens with zero attached hydrogens (tertiary/aromatic N) is 2. The average Bonchev–Trinajstić information content (AvgIpc) is 3.24. The van der Waals surface area contributed by atoms with Gasteiger partial charge in [0.1, 0.15) is 6.02 Å². The lowest BCUT2D eigenvalue weighted by Gasteiger charge is -2.29. The van der Waals surface area contributed by atoms with E-state index in [9.17, 15) is 14.4 Å². The first-order valence-electron chi connectivity index (χ1n) is 13.1. The predicted octanol–water partition coefficient (Wildman–Crippen LogP) is 1.89. The zero-order valence-electron chi connectivity index (χ0n) is 22.2. The molecule has 172 valence electrons. The number of amides is 3. The molecule has 0 spiro atoms. The van der Waals surface area contributed by atoms with E-state index in [2.05, 4.69) is 15.5 Å². The molecular formula is C25H28N4O4. The van der Waals surface area contributed by atoms with Gasteiger partial charge in [-0.3, -0.25) is 24.6 Å². The first-order valence-corrected chi connectivity index (χ1v) is 11.1. The molecule has 0 aliphatic carbocycles. The maximum absolute atomic E-state index is 13.3. The average molecular weight is 453 g/mol. The molecule has 2 saturated heterocycles. The molecule has 0 unspecified atom stereocenters. The summed E-state index contributed by atoms with van der Waals surface area (Å²) in [5.41, 5.74) is 2.58. The van der Waals surface area contributed by atoms with Crippen LogP contribution in [0, 0.1) is 0 Å². The van der Waals surface area contributed by atoms with Crippen molar-refractivity contribution in [1.29, 1.82) is 0 Å². The number of anilines is 1. The molecule has 1 atom stereocenters. The van der Waals surface area contributed by atoms with Crippen LogP contribution in [0.25, 0.3) is 0 Å². The molecular weight excluding hydrogens is 420 g/mol. The molecule has 3 amide bonds. The van der Waals surface area contributed by atoms with E-state index >= 15 is 0 Å². The second-order valence-electron chi connectivity index (χ2n) is 8.38. The van der Waals surface area contributed by atoms with E-state index in [-0.39, 0.29) is 36.7 Å². The van der Waals surface area contributed by atoms with Crippen LogP contribution < -0.4 is 10.6 Å². The largest absolute Gasteiger partial charge is 0.381 e. The Bertz CT molecular complexity index is 1270. The fourth-order valence-corrected chi connectivity index (χ4v) is 4.34. The minimum absolute atomic E-state index is 0.0802. The van der Waals surface area contributed by atoms with E-state index in [1.54, 1.807) is 0 Å². The Labute approximate surface area is 198 Å². The van der Waals surface area contributed by atoms with Gasteiger partial charge < -0.3 is 15.0 Å². The quantitative estimate of drug-likeness (QED) is 0.651. The molecule has 5 rings (SSSR count). The van der Waals surface area contributed by atoms with Gasteiger partial charge in [-0.05, 0) is 29.6 Å². The van der Waals surface area contributed by atoms with Gasteiger partial charge in [-0.1, -0.05) is 30.3 Å². The molecule has 3 aliphatic heterocycles. The van der Waals surface area contributed by atoms with Gasteiger partial charge in [-0.2, -0.15) is 0 Å². The molecule has 2 N–H and O–H groups in total. The molecule has 0 aromatic heterocycles. The van der Waals surface area contributed by atoms with Crippen LogP contribution >= 0.6 is 0 Å². The van der Waals surface area contributed by atoms with Crippen LogP contribution in [0.15, 0.2) is 42.4 Å². The van der Waals surface area contributed by atoms with E-state index in [1.807, 2.05) is 24.3 Å². The van der Waals surface area contributed by atoms with Gasteiger partial charge >= 0.3 is 0 Å². The number of hydrogen-bond donors (Lipinski definition) is 2. The normalized spacial score (nSPS) is 25.1. The third-order valence-electron chi connectivity index (χ3n) is 6.19. The van der Waals surface area contributed by atoms with Crippen molar-refractivity contribution in [2.75, 3.05) is 31.6 Å². The highest BCUT2D eigenvalue weighted by atomic mass is 16.5. The number of morpholine rings is 1. The number of carbonyl (C=O) groups excluding carboxylic acids is 3. The standard InChI is InChI=1S/C25H28N4O4/c30-23-9-8-22(24(31)27-23)29-16-20-19(25(29)32)2-1-3-21(20)26-14-17-4-6-18(7-5-17)15-28-10-12-33-13-11-28/h1-7,22,26H,8-16H2,(H,27,30,31)/t22-/m1/s1/i1D,2D,3D,22D. The van der Waals surface area contributed by atoms with E-state index in [4.69, 9.17) is 10.2 Å². The van der Waals surface area contributed by atoms with Crippen molar-refractivity contribution in [2.45, 2.75) is 38.5 Å². The van der Waals surface area contributed by atoms with E-state index in [0.29, 0.717) is 12.1 Å². The second kappa shape index (κ2) is 9.33. The highest BCUT2D eigenvalue weighted by Gasteiger charge is 2.39. The minimum atomic E-state index is -2.01. The van der Waals surface area contributed by atoms with Gasteiger partial charge in [0.15, 0.2) is 0 Å². The summed E-state index contributed by atoms with van der Waals surface area (Å²) in [6.45, 7) is 4.26. The highest BCUT2D eigenvalue weighted by molar-refractivity contribution is 6.06. The Morgan fingerprint density at radius 2 is 1.88 bits per heavy atom. The Hall–Kier alpha value is -3.23. The monoisotopic (exact) mass is 452 g/mol. The third kappa shape index (κ3) is 4.62. The smallest absolute Gasteiger partial charge is 0.255 e. The molecule has 2 aromatic carbocycles. The van der Waals surface area contributed by atoms with Crippen molar-refractivity contribution in [3.8, 4) is 0 Å². The summed E-state index contributed by atoms with van der Waals surface area (Å²) in [7, 11) is 0. The van der Waals surface area contributed by atoms with Crippen LogP contribution in [0.1, 0.15) is 45.4 Å². The van der Waals surface area contributed by atoms with Crippen molar-refractivity contribution in [3.63, 3.8) is 0 Å². The van der Waals surface area contributed by atoms with Gasteiger partial charge in [0.05, 0.1) is 18.7 Å². The molecule has 0 saturated carbocycles. The second-order valence-corrected chi connectivity index (χ2v) is 8.38. The Morgan fingerprint density at radius 3 is 2.64 bits per heavy atom. The Kier molecular flexibility index (Phi) is 4.88. The molecule has 2 fully saturated rings. The Morgan fingerprint density at radius 1 is 1.12 bits per heavy atom. The van der Waals surface area contributed by atoms with E-state index in [0.717, 1.165) is 43.3 Å². The van der Waals surface area contributed by atoms with Crippen LogP contribution in [-0.2, 0) is 34.0 Å². The number of imide groups is 1. The van der Waals surface area contributed by atoms with Crippen molar-refractivity contribution in [3.05, 3.63) is 64.6 Å². The molecule has 0 bridgehead atoms. The lowest BCUT2D eigenvalue weighted by molar-refractivity contribution is -0.136. The number of piperidine rings is 1. The lowest BCUT2D eigenvalue weighted by atomic mass is 10.0. The summed E-state index contributed by atoms with van der Waals surface area (Å²) in [6, 6.07) is 5.01. The van der Waals surface area contributed by atoms with Crippen molar-refractivity contribution < 1.29 is 24.6 Å². The SMILES string of the molecule is [2H]c1c([2H])c(NCc2ccc(CN3CCOCC3)cc2)c2c(c1[2H])C(=O)N([C@]1([2H])CCC(=O)NC1=O)C2. The van der Waals surface area contributed by atoms with Crippen LogP contribution in [-0.4, -0.2) is 59.8 Å². The molecule has 3 aliphatic rings. The summed E-state index contributed by atoms with van der Waals surface area (Å²) in [5, 5.41) is 5.28. The van der Waals surface area contributed by atoms with Crippen LogP contribution in [0.3, 0.4) is 0 Å². The first-order chi connectivity index (χ1) is 17.7. The molecule has 3 heterocycles. The summed E-state index contributed by atoms with van der Waals surface area (Å²) in [6.07, 6.45) is -0.241. The summed E-state index contributed by atoms with van der Waals surface area (Å²) in [5.74, 6) is -2.11. The predicted molar refractivity (Wildman–Crippen MR) is 122 cm³/mol. The van der Waals surface area contributed by atoms with Crippen molar-refractivity contribution in [2.24, 2.45) is 0 Å². The topological polar surface area (TPSA) is 91.0 Å². The van der Waals surface area contributed by atoms with Crippen molar-refractivity contribution in [1.82, 2.24) is 15.1 Å². The molecule has 2 aromatic rings. The van der Waals surface area contributed by atoms with Gasteiger partial charge in [0.2, 0.25) is 11.8 Å². The first kappa shape index (κ1) is 17.3. The van der Waals surface area contributed by atoms with Gasteiger partial charge in [-0.25, -0.2) is 0 Å². The number of carbonyl (C=O) groups is 3. The Balaban J connectivity index is 1.36. The number of hydrogen-bond acceptors (Lipinski definition) is 6. The zero-order valence-corrected chi connectivity index (χ0v) is 18.2. The van der Waals surface area contributed by atoms with Gasteiger partial charge in [-0.15, -0.1) is 0 Å². The van der Waals surface area contributed by atoms with Crippen LogP contribution in [0.2, 0.25) is 0 Å². The number of nitrogens with one attached hydrogen (secondary N) is 2. The number of ether oxygens (including phenoxy) is 1. The summed E-state index contributed by atoms with van der Waals surface area (Å²) >= 11 is 0. The summed E-state index contributed by atoms with van der Waals surface area (Å²) < 4.78 is 39.1. The fourth-order valence-electron chi connectivity index (χ4n) is 4.34. The maximum atomic E-state index is 13.3. The molecule has 8 heteroatoms. The maximum Gasteiger partial charge on any atom is 0.255 e. The number of benzene rings is 2. The molecule has 0 radical (unpaired) electrons. The highest BCUT2D eigenvalue weighted by Crippen LogP contribution is 2.32. The van der Waals surface area contributed by atoms with Crippen LogP contribution in [0.4, 0.5) is 5.69 Å². The lowest BCUT2D eigenvalue weighted by Crippen LogP contribution is -2.52. The van der Waals surface area contributed by atoms with E-state index in [1.165, 1.54) is 5.56 Å². The van der Waals surface area contributed by atoms with Gasteiger partial charge in [0.25, 0.3) is 5.91 Å². The van der Waals surface area contributed by atoms with Crippen LogP contribution in [0.5, 0.6) is 0 Å². The zero-order chi connectivity index (χ0) is 26.3. The number of fused-ring (bicyclic) bond motifs is 1. The minimum Gasteiger partial charge on any atom is -0.381 e. The van der Waals surface area contributed by atoms with E-state index < -0.39 is 35.8 Å². The van der Waals surface area contributed by atoms with Gasteiger partial charge in [0, 0.05) is 56.0 Å². The molecule has 33 heavy (non-hydrogen) atoms. The molecule has 8 nitrogen and oxygen atoms in total. The summed E-state index contributed by atoms with van der Waals surface area (Å²) in [4.78, 5) is 40.8. The number of rotatable bonds is 6.